The third kappa shape index (κ3) is 6.72. The molecule has 0 aliphatic heterocycles. The van der Waals surface area contributed by atoms with Crippen LogP contribution in [0.2, 0.25) is 0 Å². The van der Waals surface area contributed by atoms with Crippen LogP contribution in [0.1, 0.15) is 65.1 Å². The zero-order valence-corrected chi connectivity index (χ0v) is 18.6. The van der Waals surface area contributed by atoms with Crippen LogP contribution >= 0.6 is 0 Å². The number of nitrogens with one attached hydrogen (secondary N) is 2. The second-order valence-corrected chi connectivity index (χ2v) is 8.71. The topological polar surface area (TPSA) is 112 Å². The first-order valence-electron chi connectivity index (χ1n) is 11.5. The number of amides is 2. The number of hydrogen-bond acceptors (Lipinski definition) is 6. The molecule has 0 bridgehead atoms. The molecule has 2 fully saturated rings. The van der Waals surface area contributed by atoms with Gasteiger partial charge in [0.1, 0.15) is 12.2 Å². The lowest BCUT2D eigenvalue weighted by atomic mass is 9.92. The Balaban J connectivity index is 1.31. The zero-order valence-electron chi connectivity index (χ0n) is 18.6. The molecule has 0 spiro atoms. The van der Waals surface area contributed by atoms with Gasteiger partial charge >= 0.3 is 0 Å². The number of hydrogen-bond donors (Lipinski definition) is 2. The van der Waals surface area contributed by atoms with Gasteiger partial charge < -0.3 is 10.1 Å². The molecule has 1 aromatic heterocycles. The van der Waals surface area contributed by atoms with Gasteiger partial charge in [-0.05, 0) is 43.2 Å². The van der Waals surface area contributed by atoms with Gasteiger partial charge in [-0.2, -0.15) is 5.10 Å². The molecular formula is C24H30N4O5. The molecule has 9 heteroatoms. The van der Waals surface area contributed by atoms with E-state index in [1.165, 1.54) is 10.7 Å². The SMILES string of the molecule is O=Cc1cc(C(=O)NOCC2CC2)nn1CC(=O)NC1CCCC[C@@H]1OCc1ccccc1. The summed E-state index contributed by atoms with van der Waals surface area (Å²) >= 11 is 0. The molecule has 33 heavy (non-hydrogen) atoms. The Hall–Kier alpha value is -3.04. The van der Waals surface area contributed by atoms with Crippen molar-refractivity contribution >= 4 is 18.1 Å². The summed E-state index contributed by atoms with van der Waals surface area (Å²) in [5, 5.41) is 7.15. The normalized spacial score (nSPS) is 20.2. The summed E-state index contributed by atoms with van der Waals surface area (Å²) in [6, 6.07) is 11.2. The molecule has 2 amide bonds. The van der Waals surface area contributed by atoms with Crippen molar-refractivity contribution < 1.29 is 24.0 Å². The molecule has 4 rings (SSSR count). The van der Waals surface area contributed by atoms with Gasteiger partial charge in [0.2, 0.25) is 5.91 Å². The molecule has 2 aromatic rings. The number of aldehydes is 1. The maximum atomic E-state index is 12.7. The van der Waals surface area contributed by atoms with Crippen LogP contribution in [0.25, 0.3) is 0 Å². The Labute approximate surface area is 192 Å². The predicted octanol–water partition coefficient (Wildman–Crippen LogP) is 2.41. The van der Waals surface area contributed by atoms with Gasteiger partial charge in [-0.15, -0.1) is 0 Å². The van der Waals surface area contributed by atoms with Crippen molar-refractivity contribution in [3.05, 3.63) is 53.3 Å². The van der Waals surface area contributed by atoms with Crippen molar-refractivity contribution in [3.8, 4) is 0 Å². The predicted molar refractivity (Wildman–Crippen MR) is 119 cm³/mol. The molecule has 2 aliphatic carbocycles. The van der Waals surface area contributed by atoms with Crippen LogP contribution in [0.5, 0.6) is 0 Å². The van der Waals surface area contributed by atoms with E-state index in [1.54, 1.807) is 0 Å². The van der Waals surface area contributed by atoms with Crippen molar-refractivity contribution in [2.45, 2.75) is 63.8 Å². The number of rotatable bonds is 11. The van der Waals surface area contributed by atoms with Gasteiger partial charge in [0, 0.05) is 0 Å². The Morgan fingerprint density at radius 1 is 1.12 bits per heavy atom. The highest BCUT2D eigenvalue weighted by Gasteiger charge is 2.28. The first-order valence-corrected chi connectivity index (χ1v) is 11.5. The highest BCUT2D eigenvalue weighted by molar-refractivity contribution is 5.93. The van der Waals surface area contributed by atoms with E-state index in [9.17, 15) is 14.4 Å². The van der Waals surface area contributed by atoms with Crippen LogP contribution in [0.15, 0.2) is 36.4 Å². The fraction of sp³-hybridized carbons (Fsp3) is 0.500. The smallest absolute Gasteiger partial charge is 0.295 e. The lowest BCUT2D eigenvalue weighted by Gasteiger charge is -2.32. The standard InChI is InChI=1S/C24H30N4O5/c29-14-19-12-21(24(31)27-33-16-18-10-11-18)26-28(19)13-23(30)25-20-8-4-5-9-22(20)32-15-17-6-2-1-3-7-17/h1-3,6-7,12,14,18,20,22H,4-5,8-11,13,15-16H2,(H,25,30)(H,27,31)/t20?,22-/m0/s1. The fourth-order valence-corrected chi connectivity index (χ4v) is 3.95. The molecule has 0 radical (unpaired) electrons. The molecule has 176 valence electrons. The lowest BCUT2D eigenvalue weighted by molar-refractivity contribution is -0.124. The third-order valence-electron chi connectivity index (χ3n) is 5.99. The molecule has 2 aliphatic rings. The Bertz CT molecular complexity index is 957. The number of carbonyl (C=O) groups is 3. The molecule has 9 nitrogen and oxygen atoms in total. The van der Waals surface area contributed by atoms with Crippen LogP contribution in [0.3, 0.4) is 0 Å². The van der Waals surface area contributed by atoms with E-state index in [-0.39, 0.29) is 36.0 Å². The van der Waals surface area contributed by atoms with Crippen LogP contribution in [-0.2, 0) is 27.5 Å². The second-order valence-electron chi connectivity index (χ2n) is 8.71. The minimum atomic E-state index is -0.542. The summed E-state index contributed by atoms with van der Waals surface area (Å²) in [6.45, 7) is 0.796. The van der Waals surface area contributed by atoms with Crippen molar-refractivity contribution in [3.63, 3.8) is 0 Å². The second kappa shape index (κ2) is 11.2. The van der Waals surface area contributed by atoms with Crippen molar-refractivity contribution in [1.82, 2.24) is 20.6 Å². The third-order valence-corrected chi connectivity index (χ3v) is 5.99. The number of ether oxygens (including phenoxy) is 1. The van der Waals surface area contributed by atoms with E-state index in [0.717, 1.165) is 44.1 Å². The largest absolute Gasteiger partial charge is 0.371 e. The minimum Gasteiger partial charge on any atom is -0.371 e. The highest BCUT2D eigenvalue weighted by atomic mass is 16.7. The molecule has 2 atom stereocenters. The molecule has 2 N–H and O–H groups in total. The van der Waals surface area contributed by atoms with Crippen LogP contribution in [0, 0.1) is 5.92 Å². The summed E-state index contributed by atoms with van der Waals surface area (Å²) in [5.74, 6) is -0.324. The van der Waals surface area contributed by atoms with Crippen molar-refractivity contribution in [2.75, 3.05) is 6.61 Å². The lowest BCUT2D eigenvalue weighted by Crippen LogP contribution is -2.47. The maximum absolute atomic E-state index is 12.7. The number of hydroxylamine groups is 1. The van der Waals surface area contributed by atoms with E-state index in [0.29, 0.717) is 25.4 Å². The van der Waals surface area contributed by atoms with E-state index in [4.69, 9.17) is 9.57 Å². The van der Waals surface area contributed by atoms with Gasteiger partial charge in [-0.1, -0.05) is 43.2 Å². The van der Waals surface area contributed by atoms with E-state index in [2.05, 4.69) is 15.9 Å². The van der Waals surface area contributed by atoms with Crippen molar-refractivity contribution in [2.24, 2.45) is 5.92 Å². The number of benzene rings is 1. The molecule has 0 saturated heterocycles. The zero-order chi connectivity index (χ0) is 23.0. The summed E-state index contributed by atoms with van der Waals surface area (Å²) in [5.41, 5.74) is 3.61. The number of aromatic nitrogens is 2. The fourth-order valence-electron chi connectivity index (χ4n) is 3.95. The highest BCUT2D eigenvalue weighted by Crippen LogP contribution is 2.28. The van der Waals surface area contributed by atoms with E-state index >= 15 is 0 Å². The average molecular weight is 455 g/mol. The summed E-state index contributed by atoms with van der Waals surface area (Å²) < 4.78 is 7.35. The molecule has 1 aromatic carbocycles. The quantitative estimate of drug-likeness (QED) is 0.398. The molecule has 1 heterocycles. The van der Waals surface area contributed by atoms with Gasteiger partial charge in [-0.3, -0.25) is 23.9 Å². The van der Waals surface area contributed by atoms with E-state index < -0.39 is 5.91 Å². The Morgan fingerprint density at radius 3 is 2.67 bits per heavy atom. The van der Waals surface area contributed by atoms with Crippen LogP contribution in [-0.4, -0.2) is 46.6 Å². The van der Waals surface area contributed by atoms with Crippen LogP contribution < -0.4 is 10.8 Å². The molecule has 2 saturated carbocycles. The Kier molecular flexibility index (Phi) is 7.85. The molecule has 1 unspecified atom stereocenters. The Morgan fingerprint density at radius 2 is 1.91 bits per heavy atom. The number of nitrogens with zero attached hydrogens (tertiary/aromatic N) is 2. The van der Waals surface area contributed by atoms with Gasteiger partial charge in [0.25, 0.3) is 5.91 Å². The summed E-state index contributed by atoms with van der Waals surface area (Å²) in [6.07, 6.45) is 6.50. The average Bonchev–Trinajstić information content (AvgIpc) is 3.57. The summed E-state index contributed by atoms with van der Waals surface area (Å²) in [4.78, 5) is 41.6. The number of carbonyl (C=O) groups excluding carboxylic acids is 3. The van der Waals surface area contributed by atoms with Crippen LogP contribution in [0.4, 0.5) is 0 Å². The van der Waals surface area contributed by atoms with Gasteiger partial charge in [0.15, 0.2) is 12.0 Å². The monoisotopic (exact) mass is 454 g/mol. The van der Waals surface area contributed by atoms with Gasteiger partial charge in [-0.25, -0.2) is 5.48 Å². The first kappa shape index (κ1) is 23.1. The minimum absolute atomic E-state index is 0.0300. The first-order chi connectivity index (χ1) is 16.1. The van der Waals surface area contributed by atoms with Crippen molar-refractivity contribution in [1.29, 1.82) is 0 Å². The molecular weight excluding hydrogens is 424 g/mol. The maximum Gasteiger partial charge on any atom is 0.295 e. The van der Waals surface area contributed by atoms with Gasteiger partial charge in [0.05, 0.1) is 25.4 Å². The summed E-state index contributed by atoms with van der Waals surface area (Å²) in [7, 11) is 0. The van der Waals surface area contributed by atoms with E-state index in [1.807, 2.05) is 30.3 Å².